The molecule has 2 rings (SSSR count). The van der Waals surface area contributed by atoms with E-state index in [1.165, 1.54) is 32.1 Å². The summed E-state index contributed by atoms with van der Waals surface area (Å²) in [5.41, 5.74) is 6.12. The van der Waals surface area contributed by atoms with E-state index < -0.39 is 0 Å². The summed E-state index contributed by atoms with van der Waals surface area (Å²) >= 11 is 0. The summed E-state index contributed by atoms with van der Waals surface area (Å²) in [6, 6.07) is 7.18. The molecule has 0 saturated carbocycles. The van der Waals surface area contributed by atoms with Crippen LogP contribution in [0.3, 0.4) is 0 Å². The Morgan fingerprint density at radius 1 is 0.935 bits per heavy atom. The maximum absolute atomic E-state index is 7.90. The number of guanidine groups is 2. The lowest BCUT2D eigenvalue weighted by Gasteiger charge is -2.11. The summed E-state index contributed by atoms with van der Waals surface area (Å²) in [5.74, 6) is 2.14. The molecule has 1 aliphatic rings. The molecule has 172 valence electrons. The number of rotatable bonds is 15. The first-order valence-electron chi connectivity index (χ1n) is 11.3. The third-order valence-corrected chi connectivity index (χ3v) is 4.93. The highest BCUT2D eigenvalue weighted by Crippen LogP contribution is 2.11. The van der Waals surface area contributed by atoms with Gasteiger partial charge in [0, 0.05) is 31.7 Å². The van der Waals surface area contributed by atoms with Gasteiger partial charge in [-0.2, -0.15) is 0 Å². The van der Waals surface area contributed by atoms with E-state index in [-0.39, 0.29) is 5.84 Å². The molecule has 0 unspecified atom stereocenters. The van der Waals surface area contributed by atoms with E-state index in [1.54, 1.807) is 12.1 Å². The van der Waals surface area contributed by atoms with Crippen molar-refractivity contribution in [2.45, 2.75) is 44.9 Å². The number of nitrogens with two attached hydrogens (primary N) is 1. The molecule has 0 radical (unpaired) electrons. The van der Waals surface area contributed by atoms with Gasteiger partial charge < -0.3 is 31.7 Å². The number of aliphatic imine (C=N–C) groups is 1. The quantitative estimate of drug-likeness (QED) is 0.128. The minimum atomic E-state index is 0.0539. The number of hydrogen-bond acceptors (Lipinski definition) is 6. The van der Waals surface area contributed by atoms with Crippen LogP contribution in [0.4, 0.5) is 0 Å². The second-order valence-corrected chi connectivity index (χ2v) is 7.57. The first kappa shape index (κ1) is 24.3. The van der Waals surface area contributed by atoms with Crippen LogP contribution in [-0.2, 0) is 0 Å². The highest BCUT2D eigenvalue weighted by molar-refractivity contribution is 5.94. The van der Waals surface area contributed by atoms with Crippen LogP contribution in [0.5, 0.6) is 5.75 Å². The molecule has 1 heterocycles. The fourth-order valence-electron chi connectivity index (χ4n) is 3.16. The van der Waals surface area contributed by atoms with Gasteiger partial charge in [-0.25, -0.2) is 0 Å². The summed E-state index contributed by atoms with van der Waals surface area (Å²) < 4.78 is 5.65. The van der Waals surface area contributed by atoms with Gasteiger partial charge in [-0.05, 0) is 43.5 Å². The van der Waals surface area contributed by atoms with Crippen molar-refractivity contribution in [3.63, 3.8) is 0 Å². The molecule has 1 aromatic rings. The molecule has 0 fully saturated rings. The molecule has 31 heavy (non-hydrogen) atoms. The fourth-order valence-corrected chi connectivity index (χ4v) is 3.16. The number of nitrogens with one attached hydrogen (secondary N) is 6. The van der Waals surface area contributed by atoms with Gasteiger partial charge in [-0.1, -0.05) is 25.7 Å². The molecule has 0 saturated heterocycles. The Morgan fingerprint density at radius 2 is 1.58 bits per heavy atom. The van der Waals surface area contributed by atoms with E-state index in [4.69, 9.17) is 21.3 Å². The Morgan fingerprint density at radius 3 is 2.23 bits per heavy atom. The van der Waals surface area contributed by atoms with E-state index in [1.807, 2.05) is 12.1 Å². The van der Waals surface area contributed by atoms with E-state index in [9.17, 15) is 0 Å². The summed E-state index contributed by atoms with van der Waals surface area (Å²) in [6.07, 6.45) is 8.01. The van der Waals surface area contributed by atoms with Gasteiger partial charge in [0.05, 0.1) is 13.2 Å². The zero-order valence-corrected chi connectivity index (χ0v) is 18.4. The van der Waals surface area contributed by atoms with Crippen LogP contribution >= 0.6 is 0 Å². The summed E-state index contributed by atoms with van der Waals surface area (Å²) in [6.45, 7) is 4.92. The molecule has 0 aliphatic carbocycles. The highest BCUT2D eigenvalue weighted by atomic mass is 16.5. The molecule has 0 aromatic heterocycles. The number of hydrogen-bond donors (Lipinski definition) is 7. The van der Waals surface area contributed by atoms with Gasteiger partial charge in [-0.3, -0.25) is 15.8 Å². The molecule has 0 amide bonds. The van der Waals surface area contributed by atoms with Crippen LogP contribution in [0.2, 0.25) is 0 Å². The predicted molar refractivity (Wildman–Crippen MR) is 127 cm³/mol. The van der Waals surface area contributed by atoms with Gasteiger partial charge in [0.2, 0.25) is 0 Å². The molecule has 8 N–H and O–H groups in total. The summed E-state index contributed by atoms with van der Waals surface area (Å²) in [5, 5.41) is 28.0. The smallest absolute Gasteiger partial charge is 0.191 e. The minimum absolute atomic E-state index is 0.0539. The SMILES string of the molecule is N=C(NCCCCCCCCNC1=NCCN1)NCCCOc1ccc(C(=N)N)cc1. The Bertz CT molecular complexity index is 689. The normalized spacial score (nSPS) is 12.6. The molecule has 0 atom stereocenters. The second-order valence-electron chi connectivity index (χ2n) is 7.57. The van der Waals surface area contributed by atoms with Gasteiger partial charge in [0.15, 0.2) is 11.9 Å². The van der Waals surface area contributed by atoms with Crippen molar-refractivity contribution in [1.29, 1.82) is 10.8 Å². The van der Waals surface area contributed by atoms with Crippen molar-refractivity contribution in [3.05, 3.63) is 29.8 Å². The highest BCUT2D eigenvalue weighted by Gasteiger charge is 2.02. The Kier molecular flexibility index (Phi) is 11.7. The van der Waals surface area contributed by atoms with Crippen molar-refractivity contribution in [1.82, 2.24) is 21.3 Å². The van der Waals surface area contributed by atoms with Crippen LogP contribution in [0.15, 0.2) is 29.3 Å². The molecule has 9 nitrogen and oxygen atoms in total. The van der Waals surface area contributed by atoms with Gasteiger partial charge in [0.25, 0.3) is 0 Å². The maximum Gasteiger partial charge on any atom is 0.191 e. The van der Waals surface area contributed by atoms with E-state index >= 15 is 0 Å². The van der Waals surface area contributed by atoms with Crippen molar-refractivity contribution in [2.75, 3.05) is 39.3 Å². The van der Waals surface area contributed by atoms with E-state index in [0.717, 1.165) is 50.7 Å². The van der Waals surface area contributed by atoms with E-state index in [0.29, 0.717) is 24.7 Å². The zero-order chi connectivity index (χ0) is 22.2. The number of nitrogens with zero attached hydrogens (tertiary/aromatic N) is 1. The fraction of sp³-hybridized carbons (Fsp3) is 0.591. The molecular formula is C22H38N8O. The number of benzene rings is 1. The third-order valence-electron chi connectivity index (χ3n) is 4.93. The molecular weight excluding hydrogens is 392 g/mol. The lowest BCUT2D eigenvalue weighted by Crippen LogP contribution is -2.37. The molecule has 0 bridgehead atoms. The van der Waals surface area contributed by atoms with Gasteiger partial charge >= 0.3 is 0 Å². The summed E-state index contributed by atoms with van der Waals surface area (Å²) in [7, 11) is 0. The standard InChI is InChI=1S/C22H38N8O/c23-20(24)18-8-10-19(11-9-18)31-17-7-14-27-21(25)26-12-5-3-1-2-4-6-13-28-22-29-15-16-30-22/h8-11H,1-7,12-17H2,(H3,23,24)(H3,25,26,27)(H2,28,29,30). The molecule has 0 spiro atoms. The molecule has 1 aromatic carbocycles. The molecule has 9 heteroatoms. The maximum atomic E-state index is 7.90. The number of unbranched alkanes of at least 4 members (excludes halogenated alkanes) is 5. The summed E-state index contributed by atoms with van der Waals surface area (Å²) in [4.78, 5) is 4.31. The van der Waals surface area contributed by atoms with Crippen molar-refractivity contribution in [2.24, 2.45) is 10.7 Å². The first-order chi connectivity index (χ1) is 15.1. The zero-order valence-electron chi connectivity index (χ0n) is 18.4. The first-order valence-corrected chi connectivity index (χ1v) is 11.3. The Balaban J connectivity index is 1.34. The largest absolute Gasteiger partial charge is 0.494 e. The average molecular weight is 431 g/mol. The van der Waals surface area contributed by atoms with Gasteiger partial charge in [0.1, 0.15) is 11.6 Å². The van der Waals surface area contributed by atoms with Crippen molar-refractivity contribution in [3.8, 4) is 5.75 Å². The van der Waals surface area contributed by atoms with Crippen LogP contribution < -0.4 is 31.7 Å². The average Bonchev–Trinajstić information content (AvgIpc) is 3.28. The molecule has 1 aliphatic heterocycles. The lowest BCUT2D eigenvalue weighted by atomic mass is 10.1. The van der Waals surface area contributed by atoms with Crippen LogP contribution in [0, 0.1) is 10.8 Å². The lowest BCUT2D eigenvalue weighted by molar-refractivity contribution is 0.311. The second kappa shape index (κ2) is 14.9. The van der Waals surface area contributed by atoms with Gasteiger partial charge in [-0.15, -0.1) is 0 Å². The van der Waals surface area contributed by atoms with Crippen molar-refractivity contribution >= 4 is 17.8 Å². The number of amidine groups is 1. The topological polar surface area (TPSA) is 143 Å². The Labute approximate surface area is 185 Å². The number of nitrogen functional groups attached to an aromatic ring is 1. The van der Waals surface area contributed by atoms with Crippen LogP contribution in [-0.4, -0.2) is 57.1 Å². The predicted octanol–water partition coefficient (Wildman–Crippen LogP) is 1.74. The van der Waals surface area contributed by atoms with E-state index in [2.05, 4.69) is 26.3 Å². The monoisotopic (exact) mass is 430 g/mol. The van der Waals surface area contributed by atoms with Crippen molar-refractivity contribution < 1.29 is 4.74 Å². The number of ether oxygens (including phenoxy) is 1. The van der Waals surface area contributed by atoms with Crippen LogP contribution in [0.25, 0.3) is 0 Å². The Hall–Kier alpha value is -2.97. The van der Waals surface area contributed by atoms with Crippen LogP contribution in [0.1, 0.15) is 50.5 Å². The minimum Gasteiger partial charge on any atom is -0.494 e. The third kappa shape index (κ3) is 11.1.